The van der Waals surface area contributed by atoms with Crippen molar-refractivity contribution in [3.8, 4) is 0 Å². The van der Waals surface area contributed by atoms with Gasteiger partial charge >= 0.3 is 0 Å². The number of aliphatic hydroxyl groups is 1. The molecule has 0 radical (unpaired) electrons. The van der Waals surface area contributed by atoms with Crippen molar-refractivity contribution in [3.63, 3.8) is 0 Å². The molecule has 0 fully saturated rings. The fourth-order valence-corrected chi connectivity index (χ4v) is 2.33. The smallest absolute Gasteiger partial charge is 0.123 e. The number of nitrogens with zero attached hydrogens (tertiary/aromatic N) is 1. The molecule has 20 heavy (non-hydrogen) atoms. The first-order valence-electron chi connectivity index (χ1n) is 7.12. The van der Waals surface area contributed by atoms with Gasteiger partial charge in [-0.25, -0.2) is 4.39 Å². The molecule has 1 aromatic carbocycles. The van der Waals surface area contributed by atoms with Gasteiger partial charge in [-0.1, -0.05) is 26.0 Å². The highest BCUT2D eigenvalue weighted by atomic mass is 19.1. The topological polar surface area (TPSA) is 25.2 Å². The van der Waals surface area contributed by atoms with Crippen LogP contribution in [0.25, 0.3) is 0 Å². The van der Waals surface area contributed by atoms with E-state index in [-0.39, 0.29) is 12.4 Å². The van der Waals surface area contributed by atoms with E-state index in [0.29, 0.717) is 12.5 Å². The first kappa shape index (κ1) is 14.8. The van der Waals surface area contributed by atoms with Gasteiger partial charge in [0, 0.05) is 17.9 Å². The van der Waals surface area contributed by atoms with Crippen molar-refractivity contribution in [1.82, 2.24) is 4.57 Å². The van der Waals surface area contributed by atoms with Crippen LogP contribution in [0.5, 0.6) is 0 Å². The van der Waals surface area contributed by atoms with Gasteiger partial charge in [0.2, 0.25) is 0 Å². The molecule has 0 aliphatic heterocycles. The molecule has 0 aliphatic rings. The highest BCUT2D eigenvalue weighted by Gasteiger charge is 2.09. The van der Waals surface area contributed by atoms with Crippen LogP contribution < -0.4 is 0 Å². The molecule has 0 unspecified atom stereocenters. The zero-order valence-electron chi connectivity index (χ0n) is 12.1. The maximum atomic E-state index is 13.0. The molecule has 1 aromatic heterocycles. The Morgan fingerprint density at radius 3 is 2.30 bits per heavy atom. The molecule has 0 spiro atoms. The van der Waals surface area contributed by atoms with Gasteiger partial charge in [0.25, 0.3) is 0 Å². The van der Waals surface area contributed by atoms with E-state index in [2.05, 4.69) is 24.5 Å². The first-order chi connectivity index (χ1) is 9.60. The largest absolute Gasteiger partial charge is 0.390 e. The summed E-state index contributed by atoms with van der Waals surface area (Å²) in [6.07, 6.45) is 2.12. The Morgan fingerprint density at radius 1 is 1.05 bits per heavy atom. The molecule has 0 bridgehead atoms. The van der Waals surface area contributed by atoms with Crippen LogP contribution in [-0.2, 0) is 19.6 Å². The molecular formula is C17H22FNO. The van der Waals surface area contributed by atoms with Crippen molar-refractivity contribution in [2.45, 2.75) is 39.8 Å². The van der Waals surface area contributed by atoms with Gasteiger partial charge in [-0.3, -0.25) is 0 Å². The second kappa shape index (κ2) is 6.71. The maximum absolute atomic E-state index is 13.0. The third-order valence-electron chi connectivity index (χ3n) is 3.56. The van der Waals surface area contributed by atoms with Crippen LogP contribution in [0.4, 0.5) is 4.39 Å². The third-order valence-corrected chi connectivity index (χ3v) is 3.56. The number of halogens is 1. The molecule has 0 saturated carbocycles. The SMILES string of the molecule is CC(C)CCc1ccc(CO)n1Cc1ccc(F)cc1. The molecular weight excluding hydrogens is 253 g/mol. The Morgan fingerprint density at radius 2 is 1.70 bits per heavy atom. The summed E-state index contributed by atoms with van der Waals surface area (Å²) in [5.74, 6) is 0.436. The number of aromatic nitrogens is 1. The number of aryl methyl sites for hydroxylation is 1. The number of hydrogen-bond donors (Lipinski definition) is 1. The van der Waals surface area contributed by atoms with Gasteiger partial charge in [-0.2, -0.15) is 0 Å². The molecule has 0 atom stereocenters. The lowest BCUT2D eigenvalue weighted by atomic mass is 10.1. The van der Waals surface area contributed by atoms with Crippen molar-refractivity contribution >= 4 is 0 Å². The van der Waals surface area contributed by atoms with Crippen molar-refractivity contribution in [2.24, 2.45) is 5.92 Å². The highest BCUT2D eigenvalue weighted by Crippen LogP contribution is 2.17. The number of aliphatic hydroxyl groups excluding tert-OH is 1. The van der Waals surface area contributed by atoms with E-state index in [1.165, 1.54) is 17.8 Å². The molecule has 1 N–H and O–H groups in total. The van der Waals surface area contributed by atoms with E-state index in [4.69, 9.17) is 0 Å². The number of rotatable bonds is 6. The summed E-state index contributed by atoms with van der Waals surface area (Å²) in [5, 5.41) is 9.45. The van der Waals surface area contributed by atoms with Crippen LogP contribution in [0.1, 0.15) is 37.2 Å². The molecule has 3 heteroatoms. The summed E-state index contributed by atoms with van der Waals surface area (Å²) >= 11 is 0. The summed E-state index contributed by atoms with van der Waals surface area (Å²) in [7, 11) is 0. The third kappa shape index (κ3) is 3.70. The molecule has 0 saturated heterocycles. The zero-order chi connectivity index (χ0) is 14.5. The average Bonchev–Trinajstić information content (AvgIpc) is 2.81. The van der Waals surface area contributed by atoms with E-state index in [1.54, 1.807) is 12.1 Å². The van der Waals surface area contributed by atoms with Crippen LogP contribution in [0.3, 0.4) is 0 Å². The molecule has 2 rings (SSSR count). The molecule has 108 valence electrons. The lowest BCUT2D eigenvalue weighted by Crippen LogP contribution is -2.09. The monoisotopic (exact) mass is 275 g/mol. The maximum Gasteiger partial charge on any atom is 0.123 e. The average molecular weight is 275 g/mol. The quantitative estimate of drug-likeness (QED) is 0.853. The minimum atomic E-state index is -0.219. The van der Waals surface area contributed by atoms with Crippen molar-refractivity contribution in [1.29, 1.82) is 0 Å². The predicted octanol–water partition coefficient (Wildman–Crippen LogP) is 3.76. The van der Waals surface area contributed by atoms with Crippen LogP contribution in [0, 0.1) is 11.7 Å². The van der Waals surface area contributed by atoms with E-state index in [0.717, 1.165) is 24.1 Å². The summed E-state index contributed by atoms with van der Waals surface area (Å²) in [6, 6.07) is 10.6. The van der Waals surface area contributed by atoms with E-state index in [9.17, 15) is 9.50 Å². The van der Waals surface area contributed by atoms with Gasteiger partial charge in [0.1, 0.15) is 5.82 Å². The summed E-state index contributed by atoms with van der Waals surface area (Å²) in [4.78, 5) is 0. The van der Waals surface area contributed by atoms with Crippen LogP contribution >= 0.6 is 0 Å². The van der Waals surface area contributed by atoms with Gasteiger partial charge < -0.3 is 9.67 Å². The molecule has 0 amide bonds. The molecule has 0 aliphatic carbocycles. The van der Waals surface area contributed by atoms with Gasteiger partial charge in [0.05, 0.1) is 6.61 Å². The molecule has 1 heterocycles. The summed E-state index contributed by atoms with van der Waals surface area (Å²) in [5.41, 5.74) is 3.18. The standard InChI is InChI=1S/C17H22FNO/c1-13(2)3-8-16-9-10-17(12-20)19(16)11-14-4-6-15(18)7-5-14/h4-7,9-10,13,20H,3,8,11-12H2,1-2H3. The Kier molecular flexibility index (Phi) is 4.96. The Balaban J connectivity index is 2.19. The second-order valence-corrected chi connectivity index (χ2v) is 5.62. The van der Waals surface area contributed by atoms with Crippen LogP contribution in [0.2, 0.25) is 0 Å². The summed E-state index contributed by atoms with van der Waals surface area (Å²) < 4.78 is 15.1. The lowest BCUT2D eigenvalue weighted by Gasteiger charge is -2.13. The highest BCUT2D eigenvalue weighted by molar-refractivity contribution is 5.22. The first-order valence-corrected chi connectivity index (χ1v) is 7.12. The van der Waals surface area contributed by atoms with E-state index in [1.807, 2.05) is 6.07 Å². The minimum absolute atomic E-state index is 0.0306. The second-order valence-electron chi connectivity index (χ2n) is 5.62. The Bertz CT molecular complexity index is 543. The Hall–Kier alpha value is -1.61. The fourth-order valence-electron chi connectivity index (χ4n) is 2.33. The lowest BCUT2D eigenvalue weighted by molar-refractivity contribution is 0.271. The zero-order valence-corrected chi connectivity index (χ0v) is 12.1. The van der Waals surface area contributed by atoms with Gasteiger partial charge in [-0.15, -0.1) is 0 Å². The van der Waals surface area contributed by atoms with Crippen LogP contribution in [-0.4, -0.2) is 9.67 Å². The van der Waals surface area contributed by atoms with Gasteiger partial charge in [0.15, 0.2) is 0 Å². The fraction of sp³-hybridized carbons (Fsp3) is 0.412. The Labute approximate surface area is 119 Å². The van der Waals surface area contributed by atoms with Crippen LogP contribution in [0.15, 0.2) is 36.4 Å². The normalized spacial score (nSPS) is 11.2. The molecule has 2 nitrogen and oxygen atoms in total. The summed E-state index contributed by atoms with van der Waals surface area (Å²) in [6.45, 7) is 5.12. The van der Waals surface area contributed by atoms with Gasteiger partial charge in [-0.05, 0) is 48.6 Å². The minimum Gasteiger partial charge on any atom is -0.390 e. The number of hydrogen-bond acceptors (Lipinski definition) is 1. The number of benzene rings is 1. The van der Waals surface area contributed by atoms with Crippen molar-refractivity contribution in [3.05, 3.63) is 59.2 Å². The predicted molar refractivity (Wildman–Crippen MR) is 79.0 cm³/mol. The van der Waals surface area contributed by atoms with E-state index >= 15 is 0 Å². The van der Waals surface area contributed by atoms with E-state index < -0.39 is 0 Å². The van der Waals surface area contributed by atoms with Crippen molar-refractivity contribution < 1.29 is 9.50 Å². The molecule has 2 aromatic rings. The van der Waals surface area contributed by atoms with Crippen molar-refractivity contribution in [2.75, 3.05) is 0 Å².